The molecule has 104 valence electrons. The molecular weight excluding hydrogens is 314 g/mol. The minimum atomic E-state index is -0.360. The van der Waals surface area contributed by atoms with Crippen LogP contribution in [0.25, 0.3) is 0 Å². The molecule has 1 aromatic rings. The first-order valence-corrected chi connectivity index (χ1v) is 6.53. The third-order valence-corrected chi connectivity index (χ3v) is 2.67. The quantitative estimate of drug-likeness (QED) is 0.615. The number of ether oxygens (including phenoxy) is 1. The molecule has 19 heavy (non-hydrogen) atoms. The first-order chi connectivity index (χ1) is 9.11. The normalized spacial score (nSPS) is 9.79. The van der Waals surface area contributed by atoms with E-state index in [4.69, 9.17) is 10.5 Å². The Bertz CT molecular complexity index is 423. The molecule has 0 aliphatic rings. The van der Waals surface area contributed by atoms with Crippen LogP contribution in [-0.4, -0.2) is 38.1 Å². The van der Waals surface area contributed by atoms with E-state index in [-0.39, 0.29) is 24.9 Å². The second kappa shape index (κ2) is 8.49. The zero-order valence-corrected chi connectivity index (χ0v) is 11.9. The first kappa shape index (κ1) is 15.5. The number of rotatable bonds is 7. The number of hydrogen-bond acceptors (Lipinski definition) is 4. The molecule has 0 aliphatic carbocycles. The lowest BCUT2D eigenvalue weighted by Crippen LogP contribution is -2.40. The Morgan fingerprint density at radius 1 is 1.16 bits per heavy atom. The van der Waals surface area contributed by atoms with E-state index in [1.165, 1.54) is 0 Å². The van der Waals surface area contributed by atoms with Crippen LogP contribution in [0, 0.1) is 0 Å². The predicted molar refractivity (Wildman–Crippen MR) is 74.7 cm³/mol. The van der Waals surface area contributed by atoms with Gasteiger partial charge in [-0.05, 0) is 24.3 Å². The largest absolute Gasteiger partial charge is 0.492 e. The van der Waals surface area contributed by atoms with Crippen LogP contribution in [0.4, 0.5) is 0 Å². The number of carbonyl (C=O) groups excluding carboxylic acids is 2. The molecule has 0 saturated carbocycles. The standard InChI is InChI=1S/C12H16BrN3O3/c13-9-1-3-10(4-2-9)19-6-5-15-12(18)8-16-11(17)7-14/h1-4H,5-8,14H2,(H,15,18)(H,16,17). The summed E-state index contributed by atoms with van der Waals surface area (Å²) >= 11 is 3.33. The zero-order valence-electron chi connectivity index (χ0n) is 10.3. The second-order valence-electron chi connectivity index (χ2n) is 3.63. The zero-order chi connectivity index (χ0) is 14.1. The van der Waals surface area contributed by atoms with Gasteiger partial charge < -0.3 is 21.1 Å². The van der Waals surface area contributed by atoms with Gasteiger partial charge in [-0.3, -0.25) is 9.59 Å². The predicted octanol–water partition coefficient (Wildman–Crippen LogP) is 0.0190. The maximum absolute atomic E-state index is 11.3. The number of hydrogen-bond donors (Lipinski definition) is 3. The Kier molecular flexibility index (Phi) is 6.91. The van der Waals surface area contributed by atoms with Gasteiger partial charge in [-0.15, -0.1) is 0 Å². The molecule has 0 radical (unpaired) electrons. The van der Waals surface area contributed by atoms with E-state index in [0.29, 0.717) is 13.2 Å². The average Bonchev–Trinajstić information content (AvgIpc) is 2.42. The summed E-state index contributed by atoms with van der Waals surface area (Å²) in [6.07, 6.45) is 0. The fourth-order valence-corrected chi connectivity index (χ4v) is 1.47. The minimum absolute atomic E-state index is 0.0751. The summed E-state index contributed by atoms with van der Waals surface area (Å²) in [6, 6.07) is 7.40. The molecule has 0 unspecified atom stereocenters. The van der Waals surface area contributed by atoms with Crippen molar-refractivity contribution in [1.82, 2.24) is 10.6 Å². The van der Waals surface area contributed by atoms with Crippen LogP contribution in [-0.2, 0) is 9.59 Å². The summed E-state index contributed by atoms with van der Waals surface area (Å²) in [6.45, 7) is 0.528. The number of halogens is 1. The molecular formula is C12H16BrN3O3. The summed E-state index contributed by atoms with van der Waals surface area (Å²) in [4.78, 5) is 22.1. The van der Waals surface area contributed by atoms with E-state index >= 15 is 0 Å². The molecule has 1 aromatic carbocycles. The number of nitrogens with two attached hydrogens (primary N) is 1. The highest BCUT2D eigenvalue weighted by molar-refractivity contribution is 9.10. The van der Waals surface area contributed by atoms with Gasteiger partial charge in [0.15, 0.2) is 0 Å². The lowest BCUT2D eigenvalue weighted by atomic mass is 10.3. The molecule has 1 rings (SSSR count). The molecule has 0 fully saturated rings. The fourth-order valence-electron chi connectivity index (χ4n) is 1.20. The second-order valence-corrected chi connectivity index (χ2v) is 4.55. The van der Waals surface area contributed by atoms with E-state index in [1.807, 2.05) is 24.3 Å². The Labute approximate surface area is 119 Å². The van der Waals surface area contributed by atoms with Crippen LogP contribution in [0.2, 0.25) is 0 Å². The van der Waals surface area contributed by atoms with Gasteiger partial charge in [0, 0.05) is 4.47 Å². The highest BCUT2D eigenvalue weighted by Crippen LogP contribution is 2.15. The molecule has 4 N–H and O–H groups in total. The average molecular weight is 330 g/mol. The molecule has 0 heterocycles. The van der Waals surface area contributed by atoms with E-state index in [9.17, 15) is 9.59 Å². The Morgan fingerprint density at radius 3 is 2.47 bits per heavy atom. The smallest absolute Gasteiger partial charge is 0.239 e. The van der Waals surface area contributed by atoms with Crippen molar-refractivity contribution < 1.29 is 14.3 Å². The third kappa shape index (κ3) is 6.78. The molecule has 2 amide bonds. The Balaban J connectivity index is 2.11. The Morgan fingerprint density at radius 2 is 1.84 bits per heavy atom. The maximum Gasteiger partial charge on any atom is 0.239 e. The third-order valence-electron chi connectivity index (χ3n) is 2.14. The van der Waals surface area contributed by atoms with E-state index < -0.39 is 0 Å². The van der Waals surface area contributed by atoms with Crippen molar-refractivity contribution in [2.45, 2.75) is 0 Å². The van der Waals surface area contributed by atoms with Crippen LogP contribution < -0.4 is 21.1 Å². The summed E-state index contributed by atoms with van der Waals surface area (Å²) in [5.41, 5.74) is 5.09. The van der Waals surface area contributed by atoms with Crippen molar-refractivity contribution in [3.05, 3.63) is 28.7 Å². The van der Waals surface area contributed by atoms with Gasteiger partial charge in [0.1, 0.15) is 12.4 Å². The number of nitrogens with one attached hydrogen (secondary N) is 2. The lowest BCUT2D eigenvalue weighted by Gasteiger charge is -2.08. The lowest BCUT2D eigenvalue weighted by molar-refractivity contribution is -0.125. The minimum Gasteiger partial charge on any atom is -0.492 e. The van der Waals surface area contributed by atoms with Crippen LogP contribution in [0.5, 0.6) is 5.75 Å². The van der Waals surface area contributed by atoms with E-state index in [2.05, 4.69) is 26.6 Å². The summed E-state index contributed by atoms with van der Waals surface area (Å²) in [5.74, 6) is 0.0938. The van der Waals surface area contributed by atoms with Crippen molar-refractivity contribution in [2.75, 3.05) is 26.2 Å². The van der Waals surface area contributed by atoms with Gasteiger partial charge in [0.2, 0.25) is 11.8 Å². The van der Waals surface area contributed by atoms with Gasteiger partial charge in [0.25, 0.3) is 0 Å². The van der Waals surface area contributed by atoms with Gasteiger partial charge in [-0.2, -0.15) is 0 Å². The van der Waals surface area contributed by atoms with Gasteiger partial charge in [-0.25, -0.2) is 0 Å². The maximum atomic E-state index is 11.3. The molecule has 0 saturated heterocycles. The monoisotopic (exact) mass is 329 g/mol. The number of carbonyl (C=O) groups is 2. The summed E-state index contributed by atoms with van der Waals surface area (Å²) in [5, 5.41) is 4.99. The van der Waals surface area contributed by atoms with Crippen LogP contribution >= 0.6 is 15.9 Å². The SMILES string of the molecule is NCC(=O)NCC(=O)NCCOc1ccc(Br)cc1. The molecule has 7 heteroatoms. The van der Waals surface area contributed by atoms with Crippen molar-refractivity contribution >= 4 is 27.7 Å². The van der Waals surface area contributed by atoms with E-state index in [1.54, 1.807) is 0 Å². The van der Waals surface area contributed by atoms with Crippen molar-refractivity contribution in [3.63, 3.8) is 0 Å². The molecule has 6 nitrogen and oxygen atoms in total. The van der Waals surface area contributed by atoms with Gasteiger partial charge >= 0.3 is 0 Å². The summed E-state index contributed by atoms with van der Waals surface area (Å²) in [7, 11) is 0. The van der Waals surface area contributed by atoms with Crippen molar-refractivity contribution in [2.24, 2.45) is 5.73 Å². The highest BCUT2D eigenvalue weighted by atomic mass is 79.9. The van der Waals surface area contributed by atoms with Crippen LogP contribution in [0.3, 0.4) is 0 Å². The van der Waals surface area contributed by atoms with Crippen LogP contribution in [0.1, 0.15) is 0 Å². The molecule has 0 spiro atoms. The number of benzene rings is 1. The van der Waals surface area contributed by atoms with Crippen LogP contribution in [0.15, 0.2) is 28.7 Å². The topological polar surface area (TPSA) is 93.5 Å². The molecule has 0 bridgehead atoms. The van der Waals surface area contributed by atoms with Gasteiger partial charge in [0.05, 0.1) is 19.6 Å². The highest BCUT2D eigenvalue weighted by Gasteiger charge is 2.03. The fraction of sp³-hybridized carbons (Fsp3) is 0.333. The molecule has 0 aromatic heterocycles. The Hall–Kier alpha value is -1.60. The number of amides is 2. The molecule has 0 aliphatic heterocycles. The first-order valence-electron chi connectivity index (χ1n) is 5.73. The van der Waals surface area contributed by atoms with Gasteiger partial charge in [-0.1, -0.05) is 15.9 Å². The molecule has 0 atom stereocenters. The van der Waals surface area contributed by atoms with Crippen molar-refractivity contribution in [3.8, 4) is 5.75 Å². The van der Waals surface area contributed by atoms with Crippen molar-refractivity contribution in [1.29, 1.82) is 0 Å². The van der Waals surface area contributed by atoms with E-state index in [0.717, 1.165) is 10.2 Å². The summed E-state index contributed by atoms with van der Waals surface area (Å²) < 4.78 is 6.39.